The Kier molecular flexibility index (Phi) is 5.82. The molecule has 1 aromatic carbocycles. The molecular weight excluding hydrogens is 387 g/mol. The van der Waals surface area contributed by atoms with Crippen LogP contribution in [0.1, 0.15) is 45.4 Å². The van der Waals surface area contributed by atoms with Gasteiger partial charge in [0.2, 0.25) is 5.91 Å². The van der Waals surface area contributed by atoms with Crippen molar-refractivity contribution >= 4 is 28.5 Å². The Balaban J connectivity index is 1.35. The standard InChI is InChI=1S/C22H27FN4OS/c1-14(22-9-15-6-16(10-22)8-17(7-15)11-22)26-20(28)12-29-21(25-13-24)27-19-5-3-2-4-18(19)23/h2-5,14-17H,6-12H2,1H3,(H,25,27)(H,26,28). The summed E-state index contributed by atoms with van der Waals surface area (Å²) < 4.78 is 13.8. The smallest absolute Gasteiger partial charge is 0.230 e. The van der Waals surface area contributed by atoms with E-state index < -0.39 is 5.82 Å². The van der Waals surface area contributed by atoms with Gasteiger partial charge in [-0.15, -0.1) is 0 Å². The number of hydrogen-bond acceptors (Lipinski definition) is 4. The molecule has 4 aliphatic carbocycles. The molecule has 7 heteroatoms. The van der Waals surface area contributed by atoms with Crippen LogP contribution in [-0.4, -0.2) is 22.9 Å². The van der Waals surface area contributed by atoms with Crippen LogP contribution in [0.4, 0.5) is 10.1 Å². The normalized spacial score (nSPS) is 31.2. The number of nitrogens with zero attached hydrogens (tertiary/aromatic N) is 2. The van der Waals surface area contributed by atoms with Crippen LogP contribution in [0.25, 0.3) is 0 Å². The molecule has 4 fully saturated rings. The van der Waals surface area contributed by atoms with Crippen LogP contribution in [0.15, 0.2) is 29.3 Å². The first-order valence-electron chi connectivity index (χ1n) is 10.4. The van der Waals surface area contributed by atoms with Crippen molar-refractivity contribution < 1.29 is 9.18 Å². The Morgan fingerprint density at radius 3 is 2.48 bits per heavy atom. The fraction of sp³-hybridized carbons (Fsp3) is 0.591. The third-order valence-electron chi connectivity index (χ3n) is 6.96. The molecule has 0 spiro atoms. The largest absolute Gasteiger partial charge is 0.352 e. The monoisotopic (exact) mass is 414 g/mol. The maximum Gasteiger partial charge on any atom is 0.230 e. The van der Waals surface area contributed by atoms with Crippen LogP contribution in [0, 0.1) is 40.4 Å². The average molecular weight is 415 g/mol. The lowest BCUT2D eigenvalue weighted by Gasteiger charge is -2.59. The van der Waals surface area contributed by atoms with Crippen molar-refractivity contribution in [1.82, 2.24) is 10.6 Å². The highest BCUT2D eigenvalue weighted by molar-refractivity contribution is 8.14. The zero-order chi connectivity index (χ0) is 20.4. The molecule has 4 aliphatic rings. The van der Waals surface area contributed by atoms with Crippen LogP contribution < -0.4 is 10.6 Å². The van der Waals surface area contributed by atoms with Crippen LogP contribution >= 0.6 is 11.8 Å². The van der Waals surface area contributed by atoms with E-state index in [-0.39, 0.29) is 34.0 Å². The molecule has 1 aromatic rings. The number of nitrogens with one attached hydrogen (secondary N) is 2. The molecule has 4 saturated carbocycles. The average Bonchev–Trinajstić information content (AvgIpc) is 2.67. The molecule has 4 bridgehead atoms. The zero-order valence-electron chi connectivity index (χ0n) is 16.7. The molecule has 0 radical (unpaired) electrons. The van der Waals surface area contributed by atoms with Gasteiger partial charge in [0.25, 0.3) is 0 Å². The third-order valence-corrected chi connectivity index (χ3v) is 7.83. The molecule has 1 atom stereocenters. The number of nitriles is 1. The minimum absolute atomic E-state index is 0.0702. The second kappa shape index (κ2) is 8.35. The minimum atomic E-state index is -0.467. The van der Waals surface area contributed by atoms with E-state index in [2.05, 4.69) is 22.5 Å². The van der Waals surface area contributed by atoms with E-state index in [1.165, 1.54) is 50.7 Å². The summed E-state index contributed by atoms with van der Waals surface area (Å²) in [4.78, 5) is 16.7. The van der Waals surface area contributed by atoms with E-state index >= 15 is 0 Å². The summed E-state index contributed by atoms with van der Waals surface area (Å²) in [6.45, 7) is 2.15. The summed E-state index contributed by atoms with van der Waals surface area (Å²) in [6.07, 6.45) is 9.67. The molecule has 0 saturated heterocycles. The van der Waals surface area contributed by atoms with Gasteiger partial charge in [0, 0.05) is 6.04 Å². The fourth-order valence-electron chi connectivity index (χ4n) is 6.07. The van der Waals surface area contributed by atoms with E-state index in [0.29, 0.717) is 0 Å². The molecule has 154 valence electrons. The molecule has 5 rings (SSSR count). The maximum absolute atomic E-state index is 13.8. The van der Waals surface area contributed by atoms with Crippen LogP contribution in [0.2, 0.25) is 0 Å². The van der Waals surface area contributed by atoms with Gasteiger partial charge in [-0.2, -0.15) is 5.26 Å². The lowest BCUT2D eigenvalue weighted by molar-refractivity contribution is -0.123. The number of rotatable bonds is 5. The second-order valence-corrected chi connectivity index (χ2v) is 9.93. The summed E-state index contributed by atoms with van der Waals surface area (Å²) in [6, 6.07) is 6.26. The van der Waals surface area contributed by atoms with Crippen molar-refractivity contribution in [3.05, 3.63) is 30.1 Å². The van der Waals surface area contributed by atoms with Gasteiger partial charge in [-0.25, -0.2) is 9.38 Å². The zero-order valence-corrected chi connectivity index (χ0v) is 17.5. The number of hydrogen-bond donors (Lipinski definition) is 2. The number of carbonyl (C=O) groups excluding carboxylic acids is 1. The lowest BCUT2D eigenvalue weighted by Crippen LogP contribution is -2.56. The number of amides is 1. The second-order valence-electron chi connectivity index (χ2n) is 8.96. The Morgan fingerprint density at radius 1 is 1.28 bits per heavy atom. The molecule has 1 unspecified atom stereocenters. The first kappa shape index (κ1) is 20.2. The summed E-state index contributed by atoms with van der Waals surface area (Å²) in [5.74, 6) is 2.13. The topological polar surface area (TPSA) is 77.3 Å². The maximum atomic E-state index is 13.8. The summed E-state index contributed by atoms with van der Waals surface area (Å²) in [7, 11) is 0. The highest BCUT2D eigenvalue weighted by Crippen LogP contribution is 2.61. The molecule has 5 nitrogen and oxygen atoms in total. The quantitative estimate of drug-likeness (QED) is 0.325. The van der Waals surface area contributed by atoms with Crippen molar-refractivity contribution in [3.63, 3.8) is 0 Å². The molecule has 29 heavy (non-hydrogen) atoms. The van der Waals surface area contributed by atoms with E-state index in [4.69, 9.17) is 5.26 Å². The van der Waals surface area contributed by atoms with Crippen molar-refractivity contribution in [2.75, 3.05) is 5.75 Å². The highest BCUT2D eigenvalue weighted by Gasteiger charge is 2.53. The molecule has 0 aromatic heterocycles. The summed E-state index contributed by atoms with van der Waals surface area (Å²) >= 11 is 1.11. The number of benzene rings is 1. The van der Waals surface area contributed by atoms with Gasteiger partial charge in [-0.3, -0.25) is 10.1 Å². The van der Waals surface area contributed by atoms with Gasteiger partial charge < -0.3 is 5.32 Å². The number of halogens is 1. The van der Waals surface area contributed by atoms with Crippen molar-refractivity contribution in [2.45, 2.75) is 51.5 Å². The number of para-hydroxylation sites is 1. The molecule has 2 N–H and O–H groups in total. The van der Waals surface area contributed by atoms with Crippen LogP contribution in [0.5, 0.6) is 0 Å². The number of aliphatic imine (C=N–C) groups is 1. The Bertz CT molecular complexity index is 814. The van der Waals surface area contributed by atoms with Crippen LogP contribution in [-0.2, 0) is 4.79 Å². The molecule has 0 heterocycles. The van der Waals surface area contributed by atoms with Crippen molar-refractivity contribution in [2.24, 2.45) is 28.2 Å². The number of carbonyl (C=O) groups is 1. The third kappa shape index (κ3) is 4.42. The summed E-state index contributed by atoms with van der Waals surface area (Å²) in [5, 5.41) is 14.8. The Labute approximate surface area is 175 Å². The fourth-order valence-corrected chi connectivity index (χ4v) is 6.71. The van der Waals surface area contributed by atoms with Crippen molar-refractivity contribution in [1.29, 1.82) is 5.26 Å². The van der Waals surface area contributed by atoms with Gasteiger partial charge in [-0.1, -0.05) is 23.9 Å². The Morgan fingerprint density at radius 2 is 1.90 bits per heavy atom. The van der Waals surface area contributed by atoms with Crippen molar-refractivity contribution in [3.8, 4) is 6.19 Å². The first-order valence-corrected chi connectivity index (χ1v) is 11.4. The van der Waals surface area contributed by atoms with E-state index in [1.54, 1.807) is 18.3 Å². The predicted octanol–water partition coefficient (Wildman–Crippen LogP) is 4.34. The van der Waals surface area contributed by atoms with E-state index in [9.17, 15) is 9.18 Å². The van der Waals surface area contributed by atoms with Gasteiger partial charge >= 0.3 is 0 Å². The molecule has 0 aliphatic heterocycles. The van der Waals surface area contributed by atoms with Gasteiger partial charge in [-0.05, 0) is 80.8 Å². The van der Waals surface area contributed by atoms with E-state index in [1.807, 2.05) is 0 Å². The minimum Gasteiger partial charge on any atom is -0.352 e. The van der Waals surface area contributed by atoms with Gasteiger partial charge in [0.05, 0.1) is 5.75 Å². The number of amidine groups is 1. The highest BCUT2D eigenvalue weighted by atomic mass is 32.2. The molecule has 1 amide bonds. The first-order chi connectivity index (χ1) is 14.0. The van der Waals surface area contributed by atoms with Crippen LogP contribution in [0.3, 0.4) is 0 Å². The van der Waals surface area contributed by atoms with E-state index in [0.717, 1.165) is 29.5 Å². The summed E-state index contributed by atoms with van der Waals surface area (Å²) in [5.41, 5.74) is 0.393. The SMILES string of the molecule is CC(NC(=O)CSC(=Nc1ccccc1F)NC#N)C12CC3CC(CC(C3)C1)C2. The predicted molar refractivity (Wildman–Crippen MR) is 113 cm³/mol. The lowest BCUT2D eigenvalue weighted by atomic mass is 9.48. The number of thioether (sulfide) groups is 1. The van der Waals surface area contributed by atoms with Gasteiger partial charge in [0.1, 0.15) is 11.5 Å². The van der Waals surface area contributed by atoms with Gasteiger partial charge in [0.15, 0.2) is 11.4 Å². The Hall–Kier alpha value is -2.07. The molecular formula is C22H27FN4OS.